The van der Waals surface area contributed by atoms with Gasteiger partial charge in [-0.3, -0.25) is 0 Å². The van der Waals surface area contributed by atoms with Crippen molar-refractivity contribution < 1.29 is 9.15 Å². The maximum atomic E-state index is 12.0. The highest BCUT2D eigenvalue weighted by Gasteiger charge is 2.12. The van der Waals surface area contributed by atoms with E-state index in [1.165, 1.54) is 12.4 Å². The zero-order valence-electron chi connectivity index (χ0n) is 14.2. The summed E-state index contributed by atoms with van der Waals surface area (Å²) in [4.78, 5) is 20.5. The summed E-state index contributed by atoms with van der Waals surface area (Å²) in [5.41, 5.74) is 3.80. The average Bonchev–Trinajstić information content (AvgIpc) is 2.63. The lowest BCUT2D eigenvalue weighted by Gasteiger charge is -2.11. The minimum Gasteiger partial charge on any atom is -0.472 e. The smallest absolute Gasteiger partial charge is 0.336 e. The Labute approximate surface area is 157 Å². The normalized spacial score (nSPS) is 11.2. The molecular formula is C20H15BrN2O3. The lowest BCUT2D eigenvalue weighted by atomic mass is 10.0. The Kier molecular flexibility index (Phi) is 4.20. The monoisotopic (exact) mass is 410 g/mol. The molecule has 2 heterocycles. The molecule has 4 rings (SSSR count). The van der Waals surface area contributed by atoms with Crippen molar-refractivity contribution in [3.63, 3.8) is 0 Å². The number of benzene rings is 2. The second-order valence-electron chi connectivity index (χ2n) is 6.10. The molecule has 4 aromatic rings. The molecule has 2 aromatic carbocycles. The maximum Gasteiger partial charge on any atom is 0.336 e. The summed E-state index contributed by atoms with van der Waals surface area (Å²) in [5, 5.41) is 1.67. The summed E-state index contributed by atoms with van der Waals surface area (Å²) in [5.74, 6) is 0.474. The van der Waals surface area contributed by atoms with E-state index in [0.29, 0.717) is 11.5 Å². The van der Waals surface area contributed by atoms with Gasteiger partial charge in [0.05, 0.1) is 10.9 Å². The number of hydrogen-bond donors (Lipinski definition) is 0. The summed E-state index contributed by atoms with van der Waals surface area (Å²) in [6, 6.07) is 11.2. The Hall–Kier alpha value is -2.73. The Morgan fingerprint density at radius 3 is 2.77 bits per heavy atom. The van der Waals surface area contributed by atoms with Crippen LogP contribution in [0.25, 0.3) is 21.9 Å². The number of ether oxygens (including phenoxy) is 1. The summed E-state index contributed by atoms with van der Waals surface area (Å²) < 4.78 is 12.3. The second-order valence-corrected chi connectivity index (χ2v) is 7.02. The fourth-order valence-corrected chi connectivity index (χ4v) is 3.27. The number of rotatable bonds is 3. The number of fused-ring (bicyclic) bond motifs is 2. The fourth-order valence-electron chi connectivity index (χ4n) is 2.91. The summed E-state index contributed by atoms with van der Waals surface area (Å²) in [6.45, 7) is 4.15. The third kappa shape index (κ3) is 2.97. The first kappa shape index (κ1) is 16.7. The zero-order chi connectivity index (χ0) is 18.3. The van der Waals surface area contributed by atoms with Crippen molar-refractivity contribution in [1.29, 1.82) is 0 Å². The lowest BCUT2D eigenvalue weighted by Crippen LogP contribution is -2.06. The van der Waals surface area contributed by atoms with E-state index in [-0.39, 0.29) is 12.2 Å². The fraction of sp³-hybridized carbons (Fsp3) is 0.150. The van der Waals surface area contributed by atoms with Crippen LogP contribution in [-0.4, -0.2) is 9.97 Å². The highest BCUT2D eigenvalue weighted by molar-refractivity contribution is 9.10. The van der Waals surface area contributed by atoms with E-state index in [0.717, 1.165) is 37.5 Å². The number of hydrogen-bond acceptors (Lipinski definition) is 5. The molecule has 0 aliphatic heterocycles. The van der Waals surface area contributed by atoms with Crippen molar-refractivity contribution >= 4 is 37.8 Å². The Bertz CT molecular complexity index is 1200. The molecule has 0 atom stereocenters. The molecule has 0 amide bonds. The predicted octanol–water partition coefficient (Wildman–Crippen LogP) is 4.69. The van der Waals surface area contributed by atoms with Gasteiger partial charge in [0.25, 0.3) is 0 Å². The molecular weight excluding hydrogens is 396 g/mol. The highest BCUT2D eigenvalue weighted by Crippen LogP contribution is 2.27. The van der Waals surface area contributed by atoms with E-state index in [2.05, 4.69) is 25.9 Å². The minimum atomic E-state index is -0.389. The molecule has 26 heavy (non-hydrogen) atoms. The quantitative estimate of drug-likeness (QED) is 0.458. The highest BCUT2D eigenvalue weighted by atomic mass is 79.9. The third-order valence-electron chi connectivity index (χ3n) is 4.44. The van der Waals surface area contributed by atoms with Crippen LogP contribution in [-0.2, 0) is 6.61 Å². The van der Waals surface area contributed by atoms with Crippen molar-refractivity contribution in [3.8, 4) is 5.88 Å². The van der Waals surface area contributed by atoms with E-state index in [1.807, 2.05) is 44.2 Å². The van der Waals surface area contributed by atoms with Crippen LogP contribution in [0.3, 0.4) is 0 Å². The van der Waals surface area contributed by atoms with Gasteiger partial charge in [0, 0.05) is 21.5 Å². The Balaban J connectivity index is 1.76. The van der Waals surface area contributed by atoms with E-state index in [1.54, 1.807) is 0 Å². The second kappa shape index (κ2) is 6.53. The first-order valence-electron chi connectivity index (χ1n) is 8.09. The van der Waals surface area contributed by atoms with Gasteiger partial charge in [-0.2, -0.15) is 0 Å². The topological polar surface area (TPSA) is 65.2 Å². The van der Waals surface area contributed by atoms with Crippen LogP contribution in [0.4, 0.5) is 0 Å². The van der Waals surface area contributed by atoms with Gasteiger partial charge in [-0.25, -0.2) is 14.8 Å². The van der Waals surface area contributed by atoms with Crippen LogP contribution in [0.1, 0.15) is 16.7 Å². The average molecular weight is 411 g/mol. The van der Waals surface area contributed by atoms with Gasteiger partial charge in [0.1, 0.15) is 18.5 Å². The van der Waals surface area contributed by atoms with Gasteiger partial charge in [-0.05, 0) is 43.2 Å². The molecule has 0 aliphatic rings. The molecule has 0 unspecified atom stereocenters. The van der Waals surface area contributed by atoms with Crippen LogP contribution in [0.15, 0.2) is 56.4 Å². The predicted molar refractivity (Wildman–Crippen MR) is 104 cm³/mol. The minimum absolute atomic E-state index is 0.212. The molecule has 6 heteroatoms. The molecule has 0 aliphatic carbocycles. The van der Waals surface area contributed by atoms with Crippen LogP contribution < -0.4 is 10.4 Å². The van der Waals surface area contributed by atoms with Crippen molar-refractivity contribution in [2.45, 2.75) is 20.5 Å². The van der Waals surface area contributed by atoms with Gasteiger partial charge in [0.2, 0.25) is 5.88 Å². The van der Waals surface area contributed by atoms with Crippen LogP contribution in [0.5, 0.6) is 5.88 Å². The van der Waals surface area contributed by atoms with E-state index >= 15 is 0 Å². The molecule has 0 bridgehead atoms. The van der Waals surface area contributed by atoms with Gasteiger partial charge in [-0.15, -0.1) is 0 Å². The van der Waals surface area contributed by atoms with Crippen LogP contribution in [0.2, 0.25) is 0 Å². The van der Waals surface area contributed by atoms with Crippen molar-refractivity contribution in [2.24, 2.45) is 0 Å². The van der Waals surface area contributed by atoms with Gasteiger partial charge < -0.3 is 9.15 Å². The molecule has 0 saturated carbocycles. The molecule has 5 nitrogen and oxygen atoms in total. The zero-order valence-corrected chi connectivity index (χ0v) is 15.8. The molecule has 2 aromatic heterocycles. The number of halogens is 1. The molecule has 0 saturated heterocycles. The largest absolute Gasteiger partial charge is 0.472 e. The maximum absolute atomic E-state index is 12.0. The molecule has 0 N–H and O–H groups in total. The first-order valence-corrected chi connectivity index (χ1v) is 8.88. The standard InChI is InChI=1S/C20H15BrN2O3/c1-11-3-5-15-13(7-18(24)26-19(15)12(11)2)9-25-20-16-8-14(21)4-6-17(16)22-10-23-20/h3-8,10H,9H2,1-2H3. The summed E-state index contributed by atoms with van der Waals surface area (Å²) in [6.07, 6.45) is 1.47. The van der Waals surface area contributed by atoms with Crippen LogP contribution >= 0.6 is 15.9 Å². The first-order chi connectivity index (χ1) is 12.5. The van der Waals surface area contributed by atoms with E-state index < -0.39 is 0 Å². The van der Waals surface area contributed by atoms with Crippen LogP contribution in [0, 0.1) is 13.8 Å². The Morgan fingerprint density at radius 2 is 1.92 bits per heavy atom. The third-order valence-corrected chi connectivity index (χ3v) is 4.94. The van der Waals surface area contributed by atoms with Gasteiger partial charge in [0.15, 0.2) is 0 Å². The van der Waals surface area contributed by atoms with Gasteiger partial charge >= 0.3 is 5.63 Å². The number of nitrogens with zero attached hydrogens (tertiary/aromatic N) is 2. The molecule has 0 fully saturated rings. The van der Waals surface area contributed by atoms with E-state index in [4.69, 9.17) is 9.15 Å². The van der Waals surface area contributed by atoms with Crippen molar-refractivity contribution in [3.05, 3.63) is 74.3 Å². The van der Waals surface area contributed by atoms with Crippen molar-refractivity contribution in [2.75, 3.05) is 0 Å². The molecule has 130 valence electrons. The summed E-state index contributed by atoms with van der Waals surface area (Å²) in [7, 11) is 0. The Morgan fingerprint density at radius 1 is 1.08 bits per heavy atom. The number of aromatic nitrogens is 2. The lowest BCUT2D eigenvalue weighted by molar-refractivity contribution is 0.298. The van der Waals surface area contributed by atoms with Gasteiger partial charge in [-0.1, -0.05) is 28.1 Å². The molecule has 0 radical (unpaired) electrons. The SMILES string of the molecule is Cc1ccc2c(COc3ncnc4ccc(Br)cc34)cc(=O)oc2c1C. The van der Waals surface area contributed by atoms with Crippen molar-refractivity contribution in [1.82, 2.24) is 9.97 Å². The van der Waals surface area contributed by atoms with E-state index in [9.17, 15) is 4.79 Å². The number of aryl methyl sites for hydroxylation is 2. The molecule has 0 spiro atoms. The summed E-state index contributed by atoms with van der Waals surface area (Å²) >= 11 is 3.45.